The smallest absolute Gasteiger partial charge is 0.253 e. The molecule has 6 heteroatoms. The van der Waals surface area contributed by atoms with Gasteiger partial charge in [-0.3, -0.25) is 9.69 Å². The number of likely N-dealkylation sites (N-methyl/N-ethyl adjacent to an activating group) is 1. The fourth-order valence-corrected chi connectivity index (χ4v) is 2.08. The highest BCUT2D eigenvalue weighted by atomic mass is 19.2. The Bertz CT molecular complexity index is 517. The van der Waals surface area contributed by atoms with Crippen LogP contribution in [0.1, 0.15) is 30.1 Å². The van der Waals surface area contributed by atoms with E-state index < -0.39 is 17.5 Å². The topological polar surface area (TPSA) is 58.4 Å². The van der Waals surface area contributed by atoms with Gasteiger partial charge in [0, 0.05) is 30.4 Å². The second-order valence-electron chi connectivity index (χ2n) is 5.31. The van der Waals surface area contributed by atoms with Crippen molar-refractivity contribution < 1.29 is 13.6 Å². The highest BCUT2D eigenvalue weighted by Gasteiger charge is 2.29. The van der Waals surface area contributed by atoms with Crippen LogP contribution in [0.2, 0.25) is 0 Å². The monoisotopic (exact) mass is 283 g/mol. The summed E-state index contributed by atoms with van der Waals surface area (Å²) in [5.74, 6) is -2.62. The molecule has 1 saturated carbocycles. The molecule has 20 heavy (non-hydrogen) atoms. The number of nitrogen functional groups attached to an aromatic ring is 1. The average molecular weight is 283 g/mol. The first kappa shape index (κ1) is 14.7. The molecule has 0 saturated heterocycles. The first-order chi connectivity index (χ1) is 9.40. The number of hydrogen-bond acceptors (Lipinski definition) is 3. The number of nitrogens with zero attached hydrogens (tertiary/aromatic N) is 1. The number of carbonyl (C=O) groups is 1. The zero-order valence-corrected chi connectivity index (χ0v) is 11.6. The van der Waals surface area contributed by atoms with Gasteiger partial charge >= 0.3 is 0 Å². The van der Waals surface area contributed by atoms with Crippen molar-refractivity contribution >= 4 is 11.6 Å². The van der Waals surface area contributed by atoms with Crippen LogP contribution in [0.25, 0.3) is 0 Å². The molecular weight excluding hydrogens is 264 g/mol. The van der Waals surface area contributed by atoms with Gasteiger partial charge in [0.2, 0.25) is 0 Å². The van der Waals surface area contributed by atoms with Crippen molar-refractivity contribution in [2.45, 2.75) is 31.8 Å². The molecule has 110 valence electrons. The van der Waals surface area contributed by atoms with Crippen LogP contribution in [0, 0.1) is 11.6 Å². The minimum Gasteiger partial charge on any atom is -0.398 e. The van der Waals surface area contributed by atoms with E-state index in [2.05, 4.69) is 10.2 Å². The van der Waals surface area contributed by atoms with Crippen molar-refractivity contribution in [1.82, 2.24) is 10.2 Å². The van der Waals surface area contributed by atoms with Gasteiger partial charge < -0.3 is 11.1 Å². The summed E-state index contributed by atoms with van der Waals surface area (Å²) in [4.78, 5) is 14.1. The van der Waals surface area contributed by atoms with Crippen molar-refractivity contribution in [2.75, 3.05) is 19.3 Å². The van der Waals surface area contributed by atoms with E-state index in [1.807, 2.05) is 14.0 Å². The number of benzene rings is 1. The van der Waals surface area contributed by atoms with Gasteiger partial charge in [0.15, 0.2) is 11.6 Å². The Morgan fingerprint density at radius 3 is 2.65 bits per heavy atom. The molecule has 1 aromatic carbocycles. The Kier molecular flexibility index (Phi) is 4.23. The standard InChI is InChI=1S/C14H19F2N3O/c1-8(19(2)9-3-4-9)7-18-14(20)10-5-11(15)12(16)6-13(10)17/h5-6,8-9H,3-4,7,17H2,1-2H3,(H,18,20). The zero-order chi connectivity index (χ0) is 14.9. The van der Waals surface area contributed by atoms with E-state index in [4.69, 9.17) is 5.73 Å². The predicted octanol–water partition coefficient (Wildman–Crippen LogP) is 1.76. The number of nitrogens with one attached hydrogen (secondary N) is 1. The van der Waals surface area contributed by atoms with Crippen LogP contribution in [0.15, 0.2) is 12.1 Å². The fourth-order valence-electron chi connectivity index (χ4n) is 2.08. The van der Waals surface area contributed by atoms with Gasteiger partial charge in [0.25, 0.3) is 5.91 Å². The van der Waals surface area contributed by atoms with Crippen molar-refractivity contribution in [1.29, 1.82) is 0 Å². The summed E-state index contributed by atoms with van der Waals surface area (Å²) in [5.41, 5.74) is 5.44. The van der Waals surface area contributed by atoms with E-state index in [-0.39, 0.29) is 17.3 Å². The molecule has 0 aromatic heterocycles. The van der Waals surface area contributed by atoms with Gasteiger partial charge in [0.1, 0.15) is 0 Å². The van der Waals surface area contributed by atoms with Crippen LogP contribution in [-0.4, -0.2) is 36.5 Å². The Labute approximate surface area is 116 Å². The summed E-state index contributed by atoms with van der Waals surface area (Å²) >= 11 is 0. The number of rotatable bonds is 5. The quantitative estimate of drug-likeness (QED) is 0.810. The third kappa shape index (κ3) is 3.25. The second-order valence-corrected chi connectivity index (χ2v) is 5.31. The first-order valence-corrected chi connectivity index (χ1v) is 6.64. The maximum atomic E-state index is 13.1. The molecule has 0 aliphatic heterocycles. The Morgan fingerprint density at radius 1 is 1.45 bits per heavy atom. The number of carbonyl (C=O) groups excluding carboxylic acids is 1. The SMILES string of the molecule is CC(CNC(=O)c1cc(F)c(F)cc1N)N(C)C1CC1. The highest BCUT2D eigenvalue weighted by molar-refractivity contribution is 5.99. The summed E-state index contributed by atoms with van der Waals surface area (Å²) < 4.78 is 26.1. The van der Waals surface area contributed by atoms with E-state index in [1.54, 1.807) is 0 Å². The number of hydrogen-bond donors (Lipinski definition) is 2. The number of nitrogens with two attached hydrogens (primary N) is 1. The molecular formula is C14H19F2N3O. The lowest BCUT2D eigenvalue weighted by Crippen LogP contribution is -2.41. The van der Waals surface area contributed by atoms with Crippen molar-refractivity contribution in [3.63, 3.8) is 0 Å². The molecule has 0 bridgehead atoms. The molecule has 1 unspecified atom stereocenters. The molecule has 3 N–H and O–H groups in total. The molecule has 1 fully saturated rings. The van der Waals surface area contributed by atoms with Gasteiger partial charge in [-0.15, -0.1) is 0 Å². The van der Waals surface area contributed by atoms with E-state index in [1.165, 1.54) is 12.8 Å². The number of halogens is 2. The molecule has 1 aliphatic rings. The normalized spacial score (nSPS) is 16.2. The summed E-state index contributed by atoms with van der Waals surface area (Å²) in [6.45, 7) is 2.44. The van der Waals surface area contributed by atoms with Gasteiger partial charge in [-0.1, -0.05) is 0 Å². The summed E-state index contributed by atoms with van der Waals surface area (Å²) in [6, 6.07) is 2.42. The van der Waals surface area contributed by atoms with Crippen molar-refractivity contribution in [3.05, 3.63) is 29.3 Å². The van der Waals surface area contributed by atoms with E-state index in [0.29, 0.717) is 12.6 Å². The molecule has 2 rings (SSSR count). The second kappa shape index (κ2) is 5.75. The van der Waals surface area contributed by atoms with Gasteiger partial charge in [-0.25, -0.2) is 8.78 Å². The first-order valence-electron chi connectivity index (χ1n) is 6.64. The predicted molar refractivity (Wildman–Crippen MR) is 73.4 cm³/mol. The summed E-state index contributed by atoms with van der Waals surface area (Å²) in [7, 11) is 2.01. The van der Waals surface area contributed by atoms with Crippen LogP contribution in [0.4, 0.5) is 14.5 Å². The van der Waals surface area contributed by atoms with Crippen molar-refractivity contribution in [2.24, 2.45) is 0 Å². The third-order valence-electron chi connectivity index (χ3n) is 3.71. The third-order valence-corrected chi connectivity index (χ3v) is 3.71. The minimum absolute atomic E-state index is 0.0369. The van der Waals surface area contributed by atoms with Crippen LogP contribution in [-0.2, 0) is 0 Å². The Balaban J connectivity index is 1.96. The average Bonchev–Trinajstić information content (AvgIpc) is 3.23. The van der Waals surface area contributed by atoms with Crippen LogP contribution in [0.3, 0.4) is 0 Å². The maximum Gasteiger partial charge on any atom is 0.253 e. The van der Waals surface area contributed by atoms with Crippen LogP contribution >= 0.6 is 0 Å². The Morgan fingerprint density at radius 2 is 2.05 bits per heavy atom. The van der Waals surface area contributed by atoms with E-state index in [0.717, 1.165) is 12.1 Å². The lowest BCUT2D eigenvalue weighted by atomic mass is 10.1. The summed E-state index contributed by atoms with van der Waals surface area (Å²) in [5, 5.41) is 2.70. The molecule has 0 radical (unpaired) electrons. The lowest BCUT2D eigenvalue weighted by Gasteiger charge is -2.24. The largest absolute Gasteiger partial charge is 0.398 e. The summed E-state index contributed by atoms with van der Waals surface area (Å²) in [6.07, 6.45) is 2.37. The molecule has 1 amide bonds. The van der Waals surface area contributed by atoms with Crippen LogP contribution < -0.4 is 11.1 Å². The molecule has 1 aromatic rings. The minimum atomic E-state index is -1.08. The van der Waals surface area contributed by atoms with E-state index in [9.17, 15) is 13.6 Å². The molecule has 4 nitrogen and oxygen atoms in total. The molecule has 0 heterocycles. The van der Waals surface area contributed by atoms with E-state index >= 15 is 0 Å². The maximum absolute atomic E-state index is 13.1. The Hall–Kier alpha value is -1.69. The molecule has 0 spiro atoms. The molecule has 1 aliphatic carbocycles. The number of amides is 1. The van der Waals surface area contributed by atoms with Gasteiger partial charge in [-0.05, 0) is 32.9 Å². The van der Waals surface area contributed by atoms with Crippen molar-refractivity contribution in [3.8, 4) is 0 Å². The van der Waals surface area contributed by atoms with Gasteiger partial charge in [-0.2, -0.15) is 0 Å². The number of anilines is 1. The lowest BCUT2D eigenvalue weighted by molar-refractivity contribution is 0.0940. The highest BCUT2D eigenvalue weighted by Crippen LogP contribution is 2.26. The van der Waals surface area contributed by atoms with Crippen LogP contribution in [0.5, 0.6) is 0 Å². The zero-order valence-electron chi connectivity index (χ0n) is 11.6. The molecule has 1 atom stereocenters. The fraction of sp³-hybridized carbons (Fsp3) is 0.500. The van der Waals surface area contributed by atoms with Gasteiger partial charge in [0.05, 0.1) is 5.56 Å².